The van der Waals surface area contributed by atoms with E-state index in [2.05, 4.69) is 15.7 Å². The number of hydrogen-bond acceptors (Lipinski definition) is 4. The van der Waals surface area contributed by atoms with Gasteiger partial charge in [0.25, 0.3) is 11.8 Å². The molecule has 0 radical (unpaired) electrons. The van der Waals surface area contributed by atoms with E-state index in [1.54, 1.807) is 22.9 Å². The van der Waals surface area contributed by atoms with Crippen LogP contribution in [0.2, 0.25) is 5.02 Å². The molecular formula is C25H20ClFN4O3. The molecule has 0 spiro atoms. The first kappa shape index (κ1) is 23.0. The largest absolute Gasteiger partial charge is 0.495 e. The number of aryl methyl sites for hydroxylation is 1. The molecule has 2 N–H and O–H groups in total. The molecule has 4 aromatic rings. The fourth-order valence-corrected chi connectivity index (χ4v) is 3.52. The van der Waals surface area contributed by atoms with Crippen molar-refractivity contribution in [1.29, 1.82) is 0 Å². The van der Waals surface area contributed by atoms with Crippen LogP contribution in [0.1, 0.15) is 26.5 Å². The number of anilines is 2. The van der Waals surface area contributed by atoms with E-state index in [1.165, 1.54) is 25.3 Å². The Morgan fingerprint density at radius 2 is 1.74 bits per heavy atom. The molecule has 0 fully saturated rings. The summed E-state index contributed by atoms with van der Waals surface area (Å²) in [6.07, 6.45) is 0. The molecule has 0 bridgehead atoms. The molecule has 0 saturated heterocycles. The summed E-state index contributed by atoms with van der Waals surface area (Å²) in [5, 5.41) is 9.95. The van der Waals surface area contributed by atoms with Gasteiger partial charge in [0.15, 0.2) is 5.69 Å². The van der Waals surface area contributed by atoms with Crippen molar-refractivity contribution < 1.29 is 18.7 Å². The number of para-hydroxylation sites is 1. The monoisotopic (exact) mass is 478 g/mol. The number of aromatic nitrogens is 2. The van der Waals surface area contributed by atoms with Gasteiger partial charge in [-0.2, -0.15) is 5.10 Å². The molecule has 7 nitrogen and oxygen atoms in total. The Balaban J connectivity index is 1.55. The first-order chi connectivity index (χ1) is 16.4. The summed E-state index contributed by atoms with van der Waals surface area (Å²) in [6, 6.07) is 19.6. The summed E-state index contributed by atoms with van der Waals surface area (Å²) in [5.74, 6) is -1.53. The van der Waals surface area contributed by atoms with Gasteiger partial charge < -0.3 is 15.4 Å². The van der Waals surface area contributed by atoms with E-state index < -0.39 is 17.6 Å². The van der Waals surface area contributed by atoms with Gasteiger partial charge in [-0.05, 0) is 61.5 Å². The molecule has 9 heteroatoms. The van der Waals surface area contributed by atoms with Gasteiger partial charge in [-0.15, -0.1) is 0 Å². The molecule has 0 aliphatic rings. The third-order valence-corrected chi connectivity index (χ3v) is 5.24. The molecule has 3 aromatic carbocycles. The quantitative estimate of drug-likeness (QED) is 0.384. The second-order valence-corrected chi connectivity index (χ2v) is 7.80. The number of carbonyl (C=O) groups is 2. The molecule has 0 saturated carbocycles. The highest BCUT2D eigenvalue weighted by atomic mass is 35.5. The number of rotatable bonds is 6. The Bertz CT molecular complexity index is 1370. The Morgan fingerprint density at radius 1 is 0.971 bits per heavy atom. The van der Waals surface area contributed by atoms with Gasteiger partial charge in [-0.1, -0.05) is 29.8 Å². The highest BCUT2D eigenvalue weighted by Crippen LogP contribution is 2.29. The molecular weight excluding hydrogens is 459 g/mol. The number of ether oxygens (including phenoxy) is 1. The predicted octanol–water partition coefficient (Wildman–Crippen LogP) is 5.49. The first-order valence-corrected chi connectivity index (χ1v) is 10.6. The second kappa shape index (κ2) is 9.76. The number of nitrogens with zero attached hydrogens (tertiary/aromatic N) is 2. The Kier molecular flexibility index (Phi) is 6.60. The van der Waals surface area contributed by atoms with Crippen LogP contribution in [0.25, 0.3) is 5.69 Å². The summed E-state index contributed by atoms with van der Waals surface area (Å²) in [4.78, 5) is 25.4. The molecule has 0 unspecified atom stereocenters. The van der Waals surface area contributed by atoms with Crippen molar-refractivity contribution in [3.63, 3.8) is 0 Å². The second-order valence-electron chi connectivity index (χ2n) is 7.37. The predicted molar refractivity (Wildman–Crippen MR) is 129 cm³/mol. The Morgan fingerprint density at radius 3 is 2.44 bits per heavy atom. The van der Waals surface area contributed by atoms with Crippen LogP contribution in [0.15, 0.2) is 72.8 Å². The van der Waals surface area contributed by atoms with Crippen molar-refractivity contribution in [2.24, 2.45) is 0 Å². The van der Waals surface area contributed by atoms with Crippen LogP contribution in [0.3, 0.4) is 0 Å². The maximum absolute atomic E-state index is 14.1. The highest BCUT2D eigenvalue weighted by Gasteiger charge is 2.17. The van der Waals surface area contributed by atoms with Crippen LogP contribution in [0.5, 0.6) is 5.75 Å². The Labute approximate surface area is 200 Å². The molecule has 4 rings (SSSR count). The van der Waals surface area contributed by atoms with Gasteiger partial charge in [0.05, 0.1) is 24.0 Å². The zero-order chi connectivity index (χ0) is 24.2. The van der Waals surface area contributed by atoms with Gasteiger partial charge in [-0.3, -0.25) is 9.59 Å². The summed E-state index contributed by atoms with van der Waals surface area (Å²) in [7, 11) is 1.44. The fraction of sp³-hybridized carbons (Fsp3) is 0.0800. The van der Waals surface area contributed by atoms with Gasteiger partial charge in [0.2, 0.25) is 0 Å². The van der Waals surface area contributed by atoms with Crippen LogP contribution >= 0.6 is 11.6 Å². The Hall–Kier alpha value is -4.17. The van der Waals surface area contributed by atoms with E-state index in [4.69, 9.17) is 16.3 Å². The summed E-state index contributed by atoms with van der Waals surface area (Å²) < 4.78 is 21.1. The van der Waals surface area contributed by atoms with Crippen molar-refractivity contribution in [2.75, 3.05) is 17.7 Å². The number of carbonyl (C=O) groups excluding carboxylic acids is 2. The van der Waals surface area contributed by atoms with Crippen molar-refractivity contribution in [2.45, 2.75) is 6.92 Å². The average molecular weight is 479 g/mol. The van der Waals surface area contributed by atoms with E-state index in [0.717, 1.165) is 17.4 Å². The normalized spacial score (nSPS) is 10.6. The van der Waals surface area contributed by atoms with E-state index in [1.807, 2.05) is 37.3 Å². The summed E-state index contributed by atoms with van der Waals surface area (Å²) in [6.45, 7) is 1.85. The molecule has 0 aliphatic carbocycles. The zero-order valence-electron chi connectivity index (χ0n) is 18.3. The van der Waals surface area contributed by atoms with Crippen LogP contribution < -0.4 is 15.4 Å². The van der Waals surface area contributed by atoms with Crippen LogP contribution in [0.4, 0.5) is 15.8 Å². The molecule has 1 aromatic heterocycles. The number of methoxy groups -OCH3 is 1. The number of benzene rings is 3. The minimum atomic E-state index is -0.752. The lowest BCUT2D eigenvalue weighted by atomic mass is 10.2. The van der Waals surface area contributed by atoms with Gasteiger partial charge in [0, 0.05) is 16.4 Å². The summed E-state index contributed by atoms with van der Waals surface area (Å²) >= 11 is 5.76. The fourth-order valence-electron chi connectivity index (χ4n) is 3.36. The SMILES string of the molecule is COc1ccc(NC(=O)c2cc(C)n(-c3ccccc3)n2)cc1NC(=O)c1ccc(Cl)cc1F. The number of halogens is 2. The van der Waals surface area contributed by atoms with Crippen LogP contribution in [-0.4, -0.2) is 28.7 Å². The maximum atomic E-state index is 14.1. The first-order valence-electron chi connectivity index (χ1n) is 10.2. The number of amides is 2. The summed E-state index contributed by atoms with van der Waals surface area (Å²) in [5.41, 5.74) is 2.33. The molecule has 0 aliphatic heterocycles. The third-order valence-electron chi connectivity index (χ3n) is 5.00. The van der Waals surface area contributed by atoms with Gasteiger partial charge in [0.1, 0.15) is 11.6 Å². The standard InChI is InChI=1S/C25H20ClFN4O3/c1-15-12-22(30-31(15)18-6-4-3-5-7-18)25(33)28-17-9-11-23(34-2)21(14-17)29-24(32)19-10-8-16(26)13-20(19)27/h3-14H,1-2H3,(H,28,33)(H,29,32). The van der Waals surface area contributed by atoms with Crippen molar-refractivity contribution >= 4 is 34.8 Å². The molecule has 0 atom stereocenters. The minimum absolute atomic E-state index is 0.178. The lowest BCUT2D eigenvalue weighted by Gasteiger charge is -2.13. The maximum Gasteiger partial charge on any atom is 0.276 e. The molecule has 34 heavy (non-hydrogen) atoms. The molecule has 172 valence electrons. The molecule has 1 heterocycles. The van der Waals surface area contributed by atoms with Gasteiger partial charge >= 0.3 is 0 Å². The smallest absolute Gasteiger partial charge is 0.276 e. The minimum Gasteiger partial charge on any atom is -0.495 e. The number of hydrogen-bond donors (Lipinski definition) is 2. The van der Waals surface area contributed by atoms with E-state index >= 15 is 0 Å². The highest BCUT2D eigenvalue weighted by molar-refractivity contribution is 6.30. The van der Waals surface area contributed by atoms with Crippen LogP contribution in [0, 0.1) is 12.7 Å². The lowest BCUT2D eigenvalue weighted by molar-refractivity contribution is 0.101. The third kappa shape index (κ3) is 4.92. The topological polar surface area (TPSA) is 85.2 Å². The zero-order valence-corrected chi connectivity index (χ0v) is 19.1. The molecule has 2 amide bonds. The van der Waals surface area contributed by atoms with Crippen molar-refractivity contribution in [1.82, 2.24) is 9.78 Å². The van der Waals surface area contributed by atoms with E-state index in [-0.39, 0.29) is 22.0 Å². The van der Waals surface area contributed by atoms with Gasteiger partial charge in [-0.25, -0.2) is 9.07 Å². The average Bonchev–Trinajstić information content (AvgIpc) is 3.21. The van der Waals surface area contributed by atoms with E-state index in [0.29, 0.717) is 11.4 Å². The van der Waals surface area contributed by atoms with Crippen molar-refractivity contribution in [3.8, 4) is 11.4 Å². The van der Waals surface area contributed by atoms with E-state index in [9.17, 15) is 14.0 Å². The number of nitrogens with one attached hydrogen (secondary N) is 2. The van der Waals surface area contributed by atoms with Crippen LogP contribution in [-0.2, 0) is 0 Å². The van der Waals surface area contributed by atoms with Crippen molar-refractivity contribution in [3.05, 3.63) is 101 Å². The lowest BCUT2D eigenvalue weighted by Crippen LogP contribution is -2.16.